The number of aromatic nitrogens is 2. The molecule has 2 rings (SSSR count). The molecule has 1 fully saturated rings. The number of amides is 1. The third-order valence-electron chi connectivity index (χ3n) is 3.41. The minimum absolute atomic E-state index is 0.0359. The molecule has 0 saturated heterocycles. The second-order valence-corrected chi connectivity index (χ2v) is 6.01. The normalized spacial score (nSPS) is 14.6. The third kappa shape index (κ3) is 4.49. The van der Waals surface area contributed by atoms with E-state index >= 15 is 0 Å². The standard InChI is InChI=1S/C14H20BrF2N3O2/c1-2-22-7-3-6-18-10(21)8-20-13(9-4-5-9)11(15)12(19-20)14(16)17/h9,14H,2-8H2,1H3,(H,18,21). The Kier molecular flexibility index (Phi) is 6.31. The van der Waals surface area contributed by atoms with Crippen molar-refractivity contribution < 1.29 is 18.3 Å². The average molecular weight is 380 g/mol. The van der Waals surface area contributed by atoms with E-state index in [1.54, 1.807) is 0 Å². The van der Waals surface area contributed by atoms with Gasteiger partial charge < -0.3 is 10.1 Å². The lowest BCUT2D eigenvalue weighted by atomic mass is 10.2. The fraction of sp³-hybridized carbons (Fsp3) is 0.714. The summed E-state index contributed by atoms with van der Waals surface area (Å²) in [7, 11) is 0. The molecule has 0 aliphatic heterocycles. The summed E-state index contributed by atoms with van der Waals surface area (Å²) in [6.07, 6.45) is -0.0335. The van der Waals surface area contributed by atoms with Gasteiger partial charge in [-0.1, -0.05) is 0 Å². The molecular weight excluding hydrogens is 360 g/mol. The SMILES string of the molecule is CCOCCCNC(=O)Cn1nc(C(F)F)c(Br)c1C1CC1. The Morgan fingerprint density at radius 3 is 2.86 bits per heavy atom. The Balaban J connectivity index is 1.94. The molecule has 22 heavy (non-hydrogen) atoms. The van der Waals surface area contributed by atoms with Gasteiger partial charge in [0.25, 0.3) is 6.43 Å². The molecule has 1 saturated carbocycles. The van der Waals surface area contributed by atoms with Crippen LogP contribution in [0.15, 0.2) is 4.47 Å². The molecule has 124 valence electrons. The van der Waals surface area contributed by atoms with Crippen molar-refractivity contribution in [2.45, 2.75) is 45.1 Å². The smallest absolute Gasteiger partial charge is 0.283 e. The molecule has 0 aromatic carbocycles. The summed E-state index contributed by atoms with van der Waals surface area (Å²) in [6, 6.07) is 0. The second kappa shape index (κ2) is 8.01. The summed E-state index contributed by atoms with van der Waals surface area (Å²) >= 11 is 3.20. The lowest BCUT2D eigenvalue weighted by Gasteiger charge is -2.08. The third-order valence-corrected chi connectivity index (χ3v) is 4.22. The van der Waals surface area contributed by atoms with Gasteiger partial charge in [-0.2, -0.15) is 5.10 Å². The van der Waals surface area contributed by atoms with Crippen LogP contribution >= 0.6 is 15.9 Å². The van der Waals surface area contributed by atoms with Gasteiger partial charge in [0.1, 0.15) is 12.2 Å². The van der Waals surface area contributed by atoms with Crippen molar-refractivity contribution in [3.63, 3.8) is 0 Å². The van der Waals surface area contributed by atoms with Crippen molar-refractivity contribution in [3.8, 4) is 0 Å². The zero-order chi connectivity index (χ0) is 16.1. The van der Waals surface area contributed by atoms with Crippen molar-refractivity contribution in [3.05, 3.63) is 15.9 Å². The molecule has 0 atom stereocenters. The van der Waals surface area contributed by atoms with Gasteiger partial charge >= 0.3 is 0 Å². The number of hydrogen-bond donors (Lipinski definition) is 1. The first-order chi connectivity index (χ1) is 10.5. The van der Waals surface area contributed by atoms with Crippen LogP contribution in [-0.2, 0) is 16.1 Å². The summed E-state index contributed by atoms with van der Waals surface area (Å²) in [6.45, 7) is 3.62. The van der Waals surface area contributed by atoms with E-state index in [2.05, 4.69) is 26.3 Å². The second-order valence-electron chi connectivity index (χ2n) is 5.22. The van der Waals surface area contributed by atoms with E-state index in [1.807, 2.05) is 6.92 Å². The van der Waals surface area contributed by atoms with Crippen molar-refractivity contribution in [1.82, 2.24) is 15.1 Å². The van der Waals surface area contributed by atoms with E-state index < -0.39 is 6.43 Å². The van der Waals surface area contributed by atoms with Gasteiger partial charge in [0.15, 0.2) is 0 Å². The molecule has 1 aromatic rings. The number of carbonyl (C=O) groups is 1. The van der Waals surface area contributed by atoms with Gasteiger partial charge in [0.05, 0.1) is 10.2 Å². The Labute approximate surface area is 136 Å². The van der Waals surface area contributed by atoms with Crippen molar-refractivity contribution in [2.75, 3.05) is 19.8 Å². The molecule has 0 spiro atoms. The molecule has 0 unspecified atom stereocenters. The van der Waals surface area contributed by atoms with Crippen LogP contribution in [0.1, 0.15) is 49.9 Å². The minimum Gasteiger partial charge on any atom is -0.382 e. The molecule has 5 nitrogen and oxygen atoms in total. The van der Waals surface area contributed by atoms with Crippen LogP contribution in [0.2, 0.25) is 0 Å². The van der Waals surface area contributed by atoms with Crippen LogP contribution in [0.25, 0.3) is 0 Å². The maximum absolute atomic E-state index is 12.9. The first-order valence-electron chi connectivity index (χ1n) is 7.43. The molecule has 1 aliphatic rings. The largest absolute Gasteiger partial charge is 0.382 e. The van der Waals surface area contributed by atoms with Crippen LogP contribution in [0, 0.1) is 0 Å². The maximum Gasteiger partial charge on any atom is 0.283 e. The Bertz CT molecular complexity index is 518. The topological polar surface area (TPSA) is 56.1 Å². The Morgan fingerprint density at radius 1 is 1.55 bits per heavy atom. The van der Waals surface area contributed by atoms with E-state index in [0.717, 1.165) is 19.3 Å². The predicted molar refractivity (Wildman–Crippen MR) is 81.0 cm³/mol. The number of carbonyl (C=O) groups excluding carboxylic acids is 1. The van der Waals surface area contributed by atoms with Gasteiger partial charge in [-0.3, -0.25) is 9.48 Å². The van der Waals surface area contributed by atoms with Gasteiger partial charge in [-0.25, -0.2) is 8.78 Å². The zero-order valence-corrected chi connectivity index (χ0v) is 14.0. The van der Waals surface area contributed by atoms with E-state index in [9.17, 15) is 13.6 Å². The van der Waals surface area contributed by atoms with Gasteiger partial charge in [-0.05, 0) is 42.1 Å². The fourth-order valence-electron chi connectivity index (χ4n) is 2.22. The quantitative estimate of drug-likeness (QED) is 0.671. The molecule has 1 aliphatic carbocycles. The van der Waals surface area contributed by atoms with Gasteiger partial charge in [0.2, 0.25) is 5.91 Å². The van der Waals surface area contributed by atoms with E-state index in [4.69, 9.17) is 4.74 Å². The minimum atomic E-state index is -2.65. The molecule has 0 radical (unpaired) electrons. The Morgan fingerprint density at radius 2 is 2.27 bits per heavy atom. The molecule has 1 amide bonds. The zero-order valence-electron chi connectivity index (χ0n) is 12.4. The van der Waals surface area contributed by atoms with Crippen LogP contribution in [-0.4, -0.2) is 35.4 Å². The highest BCUT2D eigenvalue weighted by Crippen LogP contribution is 2.45. The summed E-state index contributed by atoms with van der Waals surface area (Å²) in [5.41, 5.74) is 0.422. The van der Waals surface area contributed by atoms with Crippen LogP contribution in [0.4, 0.5) is 8.78 Å². The van der Waals surface area contributed by atoms with Crippen LogP contribution in [0.3, 0.4) is 0 Å². The lowest BCUT2D eigenvalue weighted by Crippen LogP contribution is -2.30. The first-order valence-corrected chi connectivity index (χ1v) is 8.22. The molecule has 1 N–H and O–H groups in total. The first kappa shape index (κ1) is 17.3. The summed E-state index contributed by atoms with van der Waals surface area (Å²) in [5.74, 6) is -0.00524. The van der Waals surface area contributed by atoms with Gasteiger partial charge in [-0.15, -0.1) is 0 Å². The maximum atomic E-state index is 12.9. The number of hydrogen-bond acceptors (Lipinski definition) is 3. The molecule has 0 bridgehead atoms. The molecule has 8 heteroatoms. The number of halogens is 3. The van der Waals surface area contributed by atoms with Gasteiger partial charge in [0, 0.05) is 25.7 Å². The molecular formula is C14H20BrF2N3O2. The predicted octanol–water partition coefficient (Wildman–Crippen LogP) is 3.00. The summed E-state index contributed by atoms with van der Waals surface area (Å²) in [4.78, 5) is 11.9. The van der Waals surface area contributed by atoms with Crippen molar-refractivity contribution in [1.29, 1.82) is 0 Å². The molecule has 1 aromatic heterocycles. The fourth-order valence-corrected chi connectivity index (χ4v) is 3.00. The highest BCUT2D eigenvalue weighted by Gasteiger charge is 2.34. The Hall–Kier alpha value is -1.02. The van der Waals surface area contributed by atoms with E-state index in [-0.39, 0.29) is 24.1 Å². The summed E-state index contributed by atoms with van der Waals surface area (Å²) < 4.78 is 32.8. The van der Waals surface area contributed by atoms with Crippen molar-refractivity contribution in [2.24, 2.45) is 0 Å². The van der Waals surface area contributed by atoms with Crippen LogP contribution in [0.5, 0.6) is 0 Å². The van der Waals surface area contributed by atoms with Crippen LogP contribution < -0.4 is 5.32 Å². The van der Waals surface area contributed by atoms with Crippen molar-refractivity contribution >= 4 is 21.8 Å². The lowest BCUT2D eigenvalue weighted by molar-refractivity contribution is -0.121. The highest BCUT2D eigenvalue weighted by atomic mass is 79.9. The van der Waals surface area contributed by atoms with E-state index in [1.165, 1.54) is 4.68 Å². The average Bonchev–Trinajstić information content (AvgIpc) is 3.23. The molecule has 1 heterocycles. The monoisotopic (exact) mass is 379 g/mol. The summed E-state index contributed by atoms with van der Waals surface area (Å²) in [5, 5.41) is 6.65. The number of alkyl halides is 2. The number of nitrogens with zero attached hydrogens (tertiary/aromatic N) is 2. The number of ether oxygens (including phenoxy) is 1. The number of nitrogens with one attached hydrogen (secondary N) is 1. The van der Waals surface area contributed by atoms with E-state index in [0.29, 0.717) is 29.9 Å². The number of rotatable bonds is 9. The highest BCUT2D eigenvalue weighted by molar-refractivity contribution is 9.10.